The molecular weight excluding hydrogens is 242 g/mol. The normalized spacial score (nSPS) is 23.2. The maximum atomic E-state index is 11.8. The number of carbonyl (C=O) groups is 1. The van der Waals surface area contributed by atoms with Crippen molar-refractivity contribution in [3.63, 3.8) is 0 Å². The monoisotopic (exact) mass is 255 g/mol. The second kappa shape index (κ2) is 4.89. The van der Waals surface area contributed by atoms with Crippen LogP contribution >= 0.6 is 0 Å². The Kier molecular flexibility index (Phi) is 3.49. The van der Waals surface area contributed by atoms with E-state index in [0.717, 1.165) is 0 Å². The smallest absolute Gasteiger partial charge is 0.184 e. The lowest BCUT2D eigenvalue weighted by molar-refractivity contribution is 0.0966. The predicted molar refractivity (Wildman–Crippen MR) is 61.4 cm³/mol. The molecule has 1 aliphatic rings. The van der Waals surface area contributed by atoms with Crippen LogP contribution in [0.15, 0.2) is 18.6 Å². The third kappa shape index (κ3) is 3.31. The second-order valence-corrected chi connectivity index (χ2v) is 6.21. The van der Waals surface area contributed by atoms with Crippen molar-refractivity contribution in [1.29, 1.82) is 0 Å². The number of carbonyl (C=O) groups excluding carboxylic acids is 1. The van der Waals surface area contributed by atoms with Crippen LogP contribution in [0.2, 0.25) is 0 Å². The zero-order chi connectivity index (χ0) is 12.3. The summed E-state index contributed by atoms with van der Waals surface area (Å²) >= 11 is 0. The van der Waals surface area contributed by atoms with Crippen LogP contribution in [0.25, 0.3) is 0 Å². The van der Waals surface area contributed by atoms with Crippen LogP contribution in [0.5, 0.6) is 0 Å². The highest BCUT2D eigenvalue weighted by atomic mass is 32.2. The molecule has 1 saturated heterocycles. The average Bonchev–Trinajstić information content (AvgIpc) is 2.29. The van der Waals surface area contributed by atoms with Gasteiger partial charge in [0.25, 0.3) is 0 Å². The van der Waals surface area contributed by atoms with E-state index < -0.39 is 9.84 Å². The van der Waals surface area contributed by atoms with Crippen molar-refractivity contribution in [1.82, 2.24) is 15.3 Å². The Morgan fingerprint density at radius 1 is 1.47 bits per heavy atom. The lowest BCUT2D eigenvalue weighted by atomic mass is 10.1. The van der Waals surface area contributed by atoms with Gasteiger partial charge in [-0.15, -0.1) is 0 Å². The highest BCUT2D eigenvalue weighted by molar-refractivity contribution is 7.91. The van der Waals surface area contributed by atoms with Crippen LogP contribution in [0.1, 0.15) is 16.9 Å². The van der Waals surface area contributed by atoms with Gasteiger partial charge in [-0.3, -0.25) is 9.78 Å². The van der Waals surface area contributed by atoms with Gasteiger partial charge in [0.15, 0.2) is 15.6 Å². The molecule has 7 heteroatoms. The van der Waals surface area contributed by atoms with E-state index in [2.05, 4.69) is 15.3 Å². The van der Waals surface area contributed by atoms with Crippen molar-refractivity contribution in [3.8, 4) is 0 Å². The molecule has 1 aromatic heterocycles. The predicted octanol–water partition coefficient (Wildman–Crippen LogP) is -0.564. The number of hydrogen-bond donors (Lipinski definition) is 1. The molecule has 1 fully saturated rings. The fourth-order valence-corrected chi connectivity index (χ4v) is 3.21. The molecular formula is C10H13N3O3S. The summed E-state index contributed by atoms with van der Waals surface area (Å²) in [6.07, 6.45) is 4.45. The van der Waals surface area contributed by atoms with Crippen LogP contribution < -0.4 is 5.32 Å². The van der Waals surface area contributed by atoms with E-state index in [9.17, 15) is 13.2 Å². The molecule has 2 heterocycles. The van der Waals surface area contributed by atoms with Crippen LogP contribution in [0.4, 0.5) is 0 Å². The molecule has 0 aromatic carbocycles. The quantitative estimate of drug-likeness (QED) is 0.728. The standard InChI is InChI=1S/C10H13N3O3S/c14-10(9-6-11-1-2-13-9)5-8-7-17(15,16)4-3-12-8/h1-2,6,8,12H,3-5,7H2. The summed E-state index contributed by atoms with van der Waals surface area (Å²) in [6, 6.07) is -0.316. The molecule has 6 nitrogen and oxygen atoms in total. The average molecular weight is 255 g/mol. The molecule has 2 rings (SSSR count). The molecule has 92 valence electrons. The minimum atomic E-state index is -3.01. The third-order valence-electron chi connectivity index (χ3n) is 2.58. The Bertz CT molecular complexity index is 501. The Morgan fingerprint density at radius 2 is 2.29 bits per heavy atom. The summed E-state index contributed by atoms with van der Waals surface area (Å²) in [5.41, 5.74) is 0.275. The van der Waals surface area contributed by atoms with Gasteiger partial charge in [-0.1, -0.05) is 0 Å². The molecule has 0 bridgehead atoms. The number of nitrogens with zero attached hydrogens (tertiary/aromatic N) is 2. The van der Waals surface area contributed by atoms with E-state index >= 15 is 0 Å². The van der Waals surface area contributed by atoms with E-state index in [1.807, 2.05) is 0 Å². The molecule has 1 unspecified atom stereocenters. The summed E-state index contributed by atoms with van der Waals surface area (Å²) < 4.78 is 22.8. The number of Topliss-reactive ketones (excluding diaryl/α,β-unsaturated/α-hetero) is 1. The van der Waals surface area contributed by atoms with E-state index in [1.54, 1.807) is 0 Å². The third-order valence-corrected chi connectivity index (χ3v) is 4.32. The number of rotatable bonds is 3. The van der Waals surface area contributed by atoms with E-state index in [1.165, 1.54) is 18.6 Å². The molecule has 17 heavy (non-hydrogen) atoms. The van der Waals surface area contributed by atoms with E-state index in [4.69, 9.17) is 0 Å². The number of ketones is 1. The van der Waals surface area contributed by atoms with Crippen molar-refractivity contribution in [2.75, 3.05) is 18.1 Å². The number of sulfone groups is 1. The van der Waals surface area contributed by atoms with Gasteiger partial charge in [-0.2, -0.15) is 0 Å². The van der Waals surface area contributed by atoms with Crippen molar-refractivity contribution < 1.29 is 13.2 Å². The Balaban J connectivity index is 2.00. The number of nitrogens with one attached hydrogen (secondary N) is 1. The fourth-order valence-electron chi connectivity index (χ4n) is 1.77. The molecule has 1 atom stereocenters. The lowest BCUT2D eigenvalue weighted by Gasteiger charge is -2.22. The highest BCUT2D eigenvalue weighted by Crippen LogP contribution is 2.08. The molecule has 0 amide bonds. The van der Waals surface area contributed by atoms with Crippen LogP contribution in [-0.2, 0) is 9.84 Å². The SMILES string of the molecule is O=C(CC1CS(=O)(=O)CCN1)c1cnccn1. The number of hydrogen-bond acceptors (Lipinski definition) is 6. The first-order chi connectivity index (χ1) is 8.07. The first-order valence-corrected chi connectivity index (χ1v) is 7.12. The Hall–Kier alpha value is -1.34. The van der Waals surface area contributed by atoms with Gasteiger partial charge in [-0.25, -0.2) is 13.4 Å². The molecule has 1 N–H and O–H groups in total. The van der Waals surface area contributed by atoms with E-state index in [0.29, 0.717) is 6.54 Å². The van der Waals surface area contributed by atoms with Crippen molar-refractivity contribution >= 4 is 15.6 Å². The largest absolute Gasteiger partial charge is 0.312 e. The molecule has 0 radical (unpaired) electrons. The van der Waals surface area contributed by atoms with Crippen molar-refractivity contribution in [2.24, 2.45) is 0 Å². The lowest BCUT2D eigenvalue weighted by Crippen LogP contribution is -2.46. The van der Waals surface area contributed by atoms with Gasteiger partial charge >= 0.3 is 0 Å². The molecule has 0 saturated carbocycles. The molecule has 1 aliphatic heterocycles. The maximum Gasteiger partial charge on any atom is 0.184 e. The van der Waals surface area contributed by atoms with Gasteiger partial charge in [-0.05, 0) is 0 Å². The van der Waals surface area contributed by atoms with Crippen LogP contribution in [0.3, 0.4) is 0 Å². The number of aromatic nitrogens is 2. The first kappa shape index (κ1) is 12.1. The summed E-state index contributed by atoms with van der Waals surface area (Å²) in [7, 11) is -3.01. The van der Waals surface area contributed by atoms with Gasteiger partial charge in [0.1, 0.15) is 5.69 Å². The van der Waals surface area contributed by atoms with E-state index in [-0.39, 0.29) is 35.4 Å². The zero-order valence-electron chi connectivity index (χ0n) is 9.17. The minimum Gasteiger partial charge on any atom is -0.312 e. The summed E-state index contributed by atoms with van der Waals surface area (Å²) in [4.78, 5) is 19.5. The Morgan fingerprint density at radius 3 is 2.94 bits per heavy atom. The Labute approximate surface area is 99.4 Å². The summed E-state index contributed by atoms with van der Waals surface area (Å²) in [5.74, 6) is -0.0327. The summed E-state index contributed by atoms with van der Waals surface area (Å²) in [6.45, 7) is 0.404. The van der Waals surface area contributed by atoms with Crippen LogP contribution in [0, 0.1) is 0 Å². The van der Waals surface area contributed by atoms with Gasteiger partial charge in [0.2, 0.25) is 0 Å². The summed E-state index contributed by atoms with van der Waals surface area (Å²) in [5, 5.41) is 3.03. The minimum absolute atomic E-state index is 0.0129. The topological polar surface area (TPSA) is 89.0 Å². The van der Waals surface area contributed by atoms with Gasteiger partial charge in [0.05, 0.1) is 17.7 Å². The van der Waals surface area contributed by atoms with Crippen LogP contribution in [-0.4, -0.2) is 48.3 Å². The molecule has 1 aromatic rings. The van der Waals surface area contributed by atoms with Gasteiger partial charge < -0.3 is 5.32 Å². The molecule has 0 spiro atoms. The fraction of sp³-hybridized carbons (Fsp3) is 0.500. The van der Waals surface area contributed by atoms with Gasteiger partial charge in [0, 0.05) is 31.4 Å². The second-order valence-electron chi connectivity index (χ2n) is 3.98. The van der Waals surface area contributed by atoms with Crippen molar-refractivity contribution in [3.05, 3.63) is 24.3 Å². The zero-order valence-corrected chi connectivity index (χ0v) is 9.98. The van der Waals surface area contributed by atoms with Crippen molar-refractivity contribution in [2.45, 2.75) is 12.5 Å². The highest BCUT2D eigenvalue weighted by Gasteiger charge is 2.26. The molecule has 0 aliphatic carbocycles. The maximum absolute atomic E-state index is 11.8. The first-order valence-electron chi connectivity index (χ1n) is 5.30.